The summed E-state index contributed by atoms with van der Waals surface area (Å²) in [4.78, 5) is 15.3. The Bertz CT molecular complexity index is 674. The zero-order chi connectivity index (χ0) is 16.7. The summed E-state index contributed by atoms with van der Waals surface area (Å²) in [6.07, 6.45) is 3.09. The van der Waals surface area contributed by atoms with E-state index in [4.69, 9.17) is 16.6 Å². The first-order valence-electron chi connectivity index (χ1n) is 7.47. The summed E-state index contributed by atoms with van der Waals surface area (Å²) in [7, 11) is 0. The van der Waals surface area contributed by atoms with Crippen LogP contribution in [0, 0.1) is 0 Å². The number of hydrogen-bond acceptors (Lipinski definition) is 4. The standard InChI is InChI=1S/C18H19NO2S2/c1-3-19(4-2)18(22)23-17(14-9-6-5-7-10-14)13-15(20)16-11-8-12-21-16/h5-13H,3-4H2,1-2H3/b17-13-. The normalized spacial score (nSPS) is 11.3. The van der Waals surface area contributed by atoms with Crippen LogP contribution >= 0.6 is 24.0 Å². The second-order valence-corrected chi connectivity index (χ2v) is 6.43. The number of benzene rings is 1. The van der Waals surface area contributed by atoms with Gasteiger partial charge in [0.05, 0.1) is 6.26 Å². The van der Waals surface area contributed by atoms with E-state index in [0.717, 1.165) is 27.9 Å². The summed E-state index contributed by atoms with van der Waals surface area (Å²) < 4.78 is 5.94. The van der Waals surface area contributed by atoms with Gasteiger partial charge < -0.3 is 9.32 Å². The number of allylic oxidation sites excluding steroid dienone is 1. The number of hydrogen-bond donors (Lipinski definition) is 0. The first-order chi connectivity index (χ1) is 11.2. The average molecular weight is 345 g/mol. The van der Waals surface area contributed by atoms with Gasteiger partial charge in [0, 0.05) is 24.1 Å². The third-order valence-corrected chi connectivity index (χ3v) is 4.82. The van der Waals surface area contributed by atoms with Crippen molar-refractivity contribution in [3.63, 3.8) is 0 Å². The third kappa shape index (κ3) is 4.81. The fourth-order valence-electron chi connectivity index (χ4n) is 2.02. The van der Waals surface area contributed by atoms with Gasteiger partial charge in [-0.1, -0.05) is 54.3 Å². The van der Waals surface area contributed by atoms with Gasteiger partial charge >= 0.3 is 0 Å². The van der Waals surface area contributed by atoms with E-state index >= 15 is 0 Å². The first-order valence-corrected chi connectivity index (χ1v) is 8.69. The number of carbonyl (C=O) groups is 1. The molecule has 1 aromatic heterocycles. The Kier molecular flexibility index (Phi) is 6.62. The molecule has 0 aliphatic heterocycles. The van der Waals surface area contributed by atoms with Gasteiger partial charge in [-0.15, -0.1) is 0 Å². The number of thioether (sulfide) groups is 1. The van der Waals surface area contributed by atoms with E-state index < -0.39 is 0 Å². The van der Waals surface area contributed by atoms with Crippen molar-refractivity contribution >= 4 is 39.0 Å². The van der Waals surface area contributed by atoms with E-state index in [2.05, 4.69) is 18.7 Å². The lowest BCUT2D eigenvalue weighted by atomic mass is 10.2. The molecule has 0 atom stereocenters. The molecule has 1 aromatic carbocycles. The SMILES string of the molecule is CCN(CC)C(=S)S/C(=C\C(=O)c1ccco1)c1ccccc1. The Balaban J connectivity index is 2.29. The first kappa shape index (κ1) is 17.5. The van der Waals surface area contributed by atoms with Gasteiger partial charge in [0.25, 0.3) is 0 Å². The van der Waals surface area contributed by atoms with Crippen LogP contribution in [0.4, 0.5) is 0 Å². The minimum absolute atomic E-state index is 0.163. The molecular formula is C18H19NO2S2. The highest BCUT2D eigenvalue weighted by Gasteiger charge is 2.14. The zero-order valence-corrected chi connectivity index (χ0v) is 14.8. The average Bonchev–Trinajstić information content (AvgIpc) is 3.11. The smallest absolute Gasteiger partial charge is 0.222 e. The van der Waals surface area contributed by atoms with E-state index in [0.29, 0.717) is 5.76 Å². The van der Waals surface area contributed by atoms with Crippen molar-refractivity contribution < 1.29 is 9.21 Å². The highest BCUT2D eigenvalue weighted by Crippen LogP contribution is 2.30. The van der Waals surface area contributed by atoms with E-state index in [9.17, 15) is 4.79 Å². The van der Waals surface area contributed by atoms with E-state index in [1.165, 1.54) is 18.0 Å². The van der Waals surface area contributed by atoms with Gasteiger partial charge in [-0.2, -0.15) is 0 Å². The van der Waals surface area contributed by atoms with Crippen LogP contribution in [0.15, 0.2) is 59.2 Å². The zero-order valence-electron chi connectivity index (χ0n) is 13.2. The van der Waals surface area contributed by atoms with Crippen LogP contribution in [-0.4, -0.2) is 28.1 Å². The predicted molar refractivity (Wildman–Crippen MR) is 101 cm³/mol. The third-order valence-electron chi connectivity index (χ3n) is 3.30. The number of furan rings is 1. The van der Waals surface area contributed by atoms with Crippen LogP contribution in [0.5, 0.6) is 0 Å². The Morgan fingerprint density at radius 1 is 1.17 bits per heavy atom. The van der Waals surface area contributed by atoms with Gasteiger partial charge in [-0.05, 0) is 31.5 Å². The maximum absolute atomic E-state index is 12.3. The molecule has 0 unspecified atom stereocenters. The maximum atomic E-state index is 12.3. The predicted octanol–water partition coefficient (Wildman–Crippen LogP) is 4.86. The molecule has 0 aliphatic rings. The highest BCUT2D eigenvalue weighted by molar-refractivity contribution is 8.29. The van der Waals surface area contributed by atoms with Gasteiger partial charge in [0.2, 0.25) is 5.78 Å². The molecule has 23 heavy (non-hydrogen) atoms. The van der Waals surface area contributed by atoms with Gasteiger partial charge in [0.1, 0.15) is 4.32 Å². The molecule has 120 valence electrons. The molecule has 0 aliphatic carbocycles. The van der Waals surface area contributed by atoms with Crippen LogP contribution < -0.4 is 0 Å². The van der Waals surface area contributed by atoms with Gasteiger partial charge in [0.15, 0.2) is 5.76 Å². The van der Waals surface area contributed by atoms with Crippen LogP contribution in [0.3, 0.4) is 0 Å². The quantitative estimate of drug-likeness (QED) is 0.424. The summed E-state index contributed by atoms with van der Waals surface area (Å²) in [5.74, 6) is 0.163. The van der Waals surface area contributed by atoms with Crippen LogP contribution in [0.1, 0.15) is 30.0 Å². The molecule has 0 saturated heterocycles. The number of nitrogens with zero attached hydrogens (tertiary/aromatic N) is 1. The Morgan fingerprint density at radius 2 is 1.87 bits per heavy atom. The van der Waals surface area contributed by atoms with Crippen LogP contribution in [0.2, 0.25) is 0 Å². The number of thiocarbonyl (C=S) groups is 1. The molecule has 1 heterocycles. The summed E-state index contributed by atoms with van der Waals surface area (Å²) >= 11 is 6.95. The van der Waals surface area contributed by atoms with Crippen LogP contribution in [-0.2, 0) is 0 Å². The van der Waals surface area contributed by atoms with E-state index in [1.807, 2.05) is 30.3 Å². The van der Waals surface area contributed by atoms with Crippen molar-refractivity contribution in [2.24, 2.45) is 0 Å². The van der Waals surface area contributed by atoms with Crippen LogP contribution in [0.25, 0.3) is 4.91 Å². The summed E-state index contributed by atoms with van der Waals surface area (Å²) in [6.45, 7) is 5.82. The molecule has 5 heteroatoms. The van der Waals surface area contributed by atoms with Gasteiger partial charge in [-0.25, -0.2) is 0 Å². The Labute approximate surface area is 146 Å². The molecule has 0 radical (unpaired) electrons. The molecule has 0 bridgehead atoms. The molecule has 2 aromatic rings. The lowest BCUT2D eigenvalue weighted by Crippen LogP contribution is -2.26. The molecule has 0 fully saturated rings. The fraction of sp³-hybridized carbons (Fsp3) is 0.222. The molecule has 0 saturated carbocycles. The number of ketones is 1. The number of rotatable bonds is 6. The molecule has 2 rings (SSSR count). The topological polar surface area (TPSA) is 33.5 Å². The van der Waals surface area contributed by atoms with Crippen molar-refractivity contribution in [3.05, 3.63) is 66.1 Å². The highest BCUT2D eigenvalue weighted by atomic mass is 32.2. The molecule has 0 N–H and O–H groups in total. The molecule has 0 amide bonds. The minimum Gasteiger partial charge on any atom is -0.461 e. The lowest BCUT2D eigenvalue weighted by Gasteiger charge is -2.21. The minimum atomic E-state index is -0.163. The lowest BCUT2D eigenvalue weighted by molar-refractivity contribution is 0.102. The van der Waals surface area contributed by atoms with Crippen molar-refractivity contribution in [1.29, 1.82) is 0 Å². The van der Waals surface area contributed by atoms with Crippen molar-refractivity contribution in [2.45, 2.75) is 13.8 Å². The van der Waals surface area contributed by atoms with Crippen molar-refractivity contribution in [1.82, 2.24) is 4.90 Å². The fourth-order valence-corrected chi connectivity index (χ4v) is 3.55. The van der Waals surface area contributed by atoms with Crippen molar-refractivity contribution in [3.8, 4) is 0 Å². The molecular weight excluding hydrogens is 326 g/mol. The van der Waals surface area contributed by atoms with Crippen molar-refractivity contribution in [2.75, 3.05) is 13.1 Å². The Morgan fingerprint density at radius 3 is 2.43 bits per heavy atom. The van der Waals surface area contributed by atoms with E-state index in [1.54, 1.807) is 18.2 Å². The largest absolute Gasteiger partial charge is 0.461 e. The van der Waals surface area contributed by atoms with Gasteiger partial charge in [-0.3, -0.25) is 4.79 Å². The number of carbonyl (C=O) groups excluding carboxylic acids is 1. The summed E-state index contributed by atoms with van der Waals surface area (Å²) in [5.41, 5.74) is 0.965. The molecule has 3 nitrogen and oxygen atoms in total. The monoisotopic (exact) mass is 345 g/mol. The summed E-state index contributed by atoms with van der Waals surface area (Å²) in [6, 6.07) is 13.1. The molecule has 0 spiro atoms. The second kappa shape index (κ2) is 8.70. The summed E-state index contributed by atoms with van der Waals surface area (Å²) in [5, 5.41) is 0. The Hall–Kier alpha value is -1.85. The second-order valence-electron chi connectivity index (χ2n) is 4.76. The van der Waals surface area contributed by atoms with E-state index in [-0.39, 0.29) is 5.78 Å². The maximum Gasteiger partial charge on any atom is 0.222 e.